The molecule has 1 rings (SSSR count). The lowest BCUT2D eigenvalue weighted by Gasteiger charge is -2.18. The number of nitrogens with zero attached hydrogens (tertiary/aromatic N) is 2. The van der Waals surface area contributed by atoms with E-state index in [4.69, 9.17) is 19.7 Å². The van der Waals surface area contributed by atoms with Crippen molar-refractivity contribution in [2.75, 3.05) is 32.2 Å². The summed E-state index contributed by atoms with van der Waals surface area (Å²) in [6.45, 7) is 0.263. The van der Waals surface area contributed by atoms with E-state index in [1.165, 1.54) is 19.2 Å². The molecule has 0 aliphatic rings. The Labute approximate surface area is 115 Å². The van der Waals surface area contributed by atoms with Crippen LogP contribution in [0.4, 0.5) is 16.2 Å². The smallest absolute Gasteiger partial charge is 0.402 e. The van der Waals surface area contributed by atoms with Gasteiger partial charge in [-0.25, -0.2) is 4.79 Å². The van der Waals surface area contributed by atoms with E-state index in [-0.39, 0.29) is 12.3 Å². The monoisotopic (exact) mass is 287 g/mol. The van der Waals surface area contributed by atoms with Crippen LogP contribution in [-0.4, -0.2) is 48.5 Å². The Balaban J connectivity index is 0.000000796. The highest BCUT2D eigenvalue weighted by molar-refractivity contribution is 5.65. The van der Waals surface area contributed by atoms with Gasteiger partial charge in [0.1, 0.15) is 11.4 Å². The van der Waals surface area contributed by atoms with Gasteiger partial charge in [-0.3, -0.25) is 10.1 Å². The van der Waals surface area contributed by atoms with Crippen molar-refractivity contribution in [2.45, 2.75) is 0 Å². The Morgan fingerprint density at radius 1 is 1.55 bits per heavy atom. The fraction of sp³-hybridized carbons (Fsp3) is 0.364. The molecule has 0 saturated heterocycles. The molecule has 0 atom stereocenters. The summed E-state index contributed by atoms with van der Waals surface area (Å²) in [5.74, 6) is 0.547. The molecule has 0 aliphatic heterocycles. The summed E-state index contributed by atoms with van der Waals surface area (Å²) in [5.41, 5.74) is 4.45. The molecule has 0 saturated carbocycles. The third-order valence-electron chi connectivity index (χ3n) is 2.23. The summed E-state index contributed by atoms with van der Waals surface area (Å²) < 4.78 is 5.01. The number of rotatable bonds is 5. The zero-order valence-electron chi connectivity index (χ0n) is 11.1. The minimum Gasteiger partial charge on any atom is -0.497 e. The molecule has 9 heteroatoms. The van der Waals surface area contributed by atoms with E-state index in [0.717, 1.165) is 0 Å². The average molecular weight is 287 g/mol. The number of carbonyl (C=O) groups is 1. The normalized spacial score (nSPS) is 9.15. The van der Waals surface area contributed by atoms with Crippen LogP contribution in [0.15, 0.2) is 18.2 Å². The molecule has 1 amide bonds. The van der Waals surface area contributed by atoms with Crippen molar-refractivity contribution in [1.29, 1.82) is 0 Å². The van der Waals surface area contributed by atoms with Crippen LogP contribution in [0.5, 0.6) is 5.75 Å². The first-order valence-electron chi connectivity index (χ1n) is 5.46. The van der Waals surface area contributed by atoms with E-state index >= 15 is 0 Å². The second kappa shape index (κ2) is 8.53. The lowest BCUT2D eigenvalue weighted by atomic mass is 10.2. The van der Waals surface area contributed by atoms with Crippen LogP contribution in [-0.2, 0) is 0 Å². The predicted molar refractivity (Wildman–Crippen MR) is 72.2 cm³/mol. The molecule has 0 radical (unpaired) electrons. The molecule has 0 unspecified atom stereocenters. The van der Waals surface area contributed by atoms with Crippen molar-refractivity contribution < 1.29 is 24.7 Å². The molecule has 112 valence electrons. The molecule has 0 aliphatic carbocycles. The third kappa shape index (κ3) is 5.87. The van der Waals surface area contributed by atoms with Crippen LogP contribution in [0.2, 0.25) is 0 Å². The molecular formula is C11H17N3O6. The van der Waals surface area contributed by atoms with Gasteiger partial charge in [0.05, 0.1) is 18.6 Å². The second-order valence-electron chi connectivity index (χ2n) is 3.60. The molecule has 0 aromatic heterocycles. The zero-order chi connectivity index (χ0) is 15.7. The van der Waals surface area contributed by atoms with Crippen LogP contribution >= 0.6 is 0 Å². The third-order valence-corrected chi connectivity index (χ3v) is 2.23. The van der Waals surface area contributed by atoms with Crippen molar-refractivity contribution >= 4 is 17.5 Å². The summed E-state index contributed by atoms with van der Waals surface area (Å²) >= 11 is 0. The van der Waals surface area contributed by atoms with Gasteiger partial charge in [0, 0.05) is 25.7 Å². The summed E-state index contributed by atoms with van der Waals surface area (Å²) in [7, 11) is 3.18. The van der Waals surface area contributed by atoms with Crippen LogP contribution in [0.1, 0.15) is 0 Å². The summed E-state index contributed by atoms with van der Waals surface area (Å²) in [4.78, 5) is 20.7. The van der Waals surface area contributed by atoms with Crippen LogP contribution in [0, 0.1) is 10.1 Å². The molecule has 0 fully saturated rings. The van der Waals surface area contributed by atoms with Gasteiger partial charge in [-0.05, 0) is 6.07 Å². The zero-order valence-corrected chi connectivity index (χ0v) is 11.1. The summed E-state index contributed by atoms with van der Waals surface area (Å²) in [6, 6.07) is 4.50. The molecular weight excluding hydrogens is 270 g/mol. The van der Waals surface area contributed by atoms with E-state index in [1.807, 2.05) is 0 Å². The van der Waals surface area contributed by atoms with E-state index in [1.54, 1.807) is 18.0 Å². The van der Waals surface area contributed by atoms with Crippen LogP contribution in [0.3, 0.4) is 0 Å². The highest BCUT2D eigenvalue weighted by Crippen LogP contribution is 2.31. The molecule has 1 aromatic carbocycles. The number of aliphatic hydroxyl groups is 1. The van der Waals surface area contributed by atoms with E-state index in [2.05, 4.69) is 5.73 Å². The quantitative estimate of drug-likeness (QED) is 0.533. The van der Waals surface area contributed by atoms with E-state index < -0.39 is 11.0 Å². The SMILES string of the molecule is COc1ccc([N+](=O)[O-])c(N(C)CCO)c1.NC(=O)O. The topological polar surface area (TPSA) is 139 Å². The van der Waals surface area contributed by atoms with Crippen molar-refractivity contribution in [3.63, 3.8) is 0 Å². The van der Waals surface area contributed by atoms with E-state index in [9.17, 15) is 10.1 Å². The van der Waals surface area contributed by atoms with Gasteiger partial charge in [-0.15, -0.1) is 0 Å². The van der Waals surface area contributed by atoms with Gasteiger partial charge in [-0.1, -0.05) is 0 Å². The number of benzene rings is 1. The first kappa shape index (κ1) is 17.4. The van der Waals surface area contributed by atoms with Crippen LogP contribution in [0.25, 0.3) is 0 Å². The molecule has 1 aromatic rings. The van der Waals surface area contributed by atoms with Gasteiger partial charge >= 0.3 is 6.09 Å². The number of nitro benzene ring substituents is 1. The van der Waals surface area contributed by atoms with Gasteiger partial charge in [0.15, 0.2) is 0 Å². The molecule has 4 N–H and O–H groups in total. The van der Waals surface area contributed by atoms with Crippen molar-refractivity contribution in [3.8, 4) is 5.75 Å². The summed E-state index contributed by atoms with van der Waals surface area (Å²) in [6.07, 6.45) is -1.33. The number of likely N-dealkylation sites (N-methyl/N-ethyl adjacent to an activating group) is 1. The van der Waals surface area contributed by atoms with Gasteiger partial charge < -0.3 is 25.6 Å². The average Bonchev–Trinajstić information content (AvgIpc) is 2.37. The van der Waals surface area contributed by atoms with E-state index in [0.29, 0.717) is 18.0 Å². The number of carboxylic acid groups (broad SMARTS) is 1. The largest absolute Gasteiger partial charge is 0.497 e. The second-order valence-corrected chi connectivity index (χ2v) is 3.60. The fourth-order valence-corrected chi connectivity index (χ4v) is 1.36. The molecule has 0 heterocycles. The number of amides is 1. The Hall–Kier alpha value is -2.55. The number of nitro groups is 1. The van der Waals surface area contributed by atoms with Crippen LogP contribution < -0.4 is 15.4 Å². The highest BCUT2D eigenvalue weighted by Gasteiger charge is 2.17. The van der Waals surface area contributed by atoms with Crippen molar-refractivity contribution in [2.24, 2.45) is 5.73 Å². The van der Waals surface area contributed by atoms with Gasteiger partial charge in [0.25, 0.3) is 5.69 Å². The summed E-state index contributed by atoms with van der Waals surface area (Å²) in [5, 5.41) is 26.8. The number of primary amides is 1. The molecule has 0 bridgehead atoms. The number of methoxy groups -OCH3 is 1. The minimum absolute atomic E-state index is 0.00301. The first-order valence-corrected chi connectivity index (χ1v) is 5.46. The van der Waals surface area contributed by atoms with Crippen molar-refractivity contribution in [1.82, 2.24) is 0 Å². The maximum Gasteiger partial charge on any atom is 0.402 e. The maximum absolute atomic E-state index is 10.8. The number of nitrogens with two attached hydrogens (primary N) is 1. The number of aliphatic hydroxyl groups excluding tert-OH is 1. The Bertz CT molecular complexity index is 461. The standard InChI is InChI=1S/C10H14N2O4.CH3NO2/c1-11(5-6-13)10-7-8(16-2)3-4-9(10)12(14)15;2-1(3)4/h3-4,7,13H,5-6H2,1-2H3;2H2,(H,3,4). The predicted octanol–water partition coefficient (Wildman–Crippen LogP) is 0.655. The highest BCUT2D eigenvalue weighted by atomic mass is 16.6. The Morgan fingerprint density at radius 3 is 2.50 bits per heavy atom. The fourth-order valence-electron chi connectivity index (χ4n) is 1.36. The molecule has 9 nitrogen and oxygen atoms in total. The molecule has 20 heavy (non-hydrogen) atoms. The lowest BCUT2D eigenvalue weighted by Crippen LogP contribution is -2.22. The number of anilines is 1. The number of hydrogen-bond acceptors (Lipinski definition) is 6. The maximum atomic E-state index is 10.8. The Morgan fingerprint density at radius 2 is 2.10 bits per heavy atom. The number of hydrogen-bond donors (Lipinski definition) is 3. The van der Waals surface area contributed by atoms with Gasteiger partial charge in [0.2, 0.25) is 0 Å². The molecule has 0 spiro atoms. The van der Waals surface area contributed by atoms with Crippen molar-refractivity contribution in [3.05, 3.63) is 28.3 Å². The minimum atomic E-state index is -1.33. The Kier molecular flexibility index (Phi) is 7.45. The van der Waals surface area contributed by atoms with Gasteiger partial charge in [-0.2, -0.15) is 0 Å². The first-order chi connectivity index (χ1) is 9.33. The number of ether oxygens (including phenoxy) is 1. The lowest BCUT2D eigenvalue weighted by molar-refractivity contribution is -0.384.